The first kappa shape index (κ1) is 20.0. The highest BCUT2D eigenvalue weighted by molar-refractivity contribution is 7.89. The van der Waals surface area contributed by atoms with Gasteiger partial charge in [-0.05, 0) is 44.7 Å². The van der Waals surface area contributed by atoms with Gasteiger partial charge in [-0.3, -0.25) is 0 Å². The number of halogens is 1. The minimum absolute atomic E-state index is 0.00659. The van der Waals surface area contributed by atoms with E-state index < -0.39 is 21.8 Å². The first-order valence-electron chi connectivity index (χ1n) is 9.06. The number of nitrogens with zero attached hydrogens (tertiary/aromatic N) is 1. The SMILES string of the molecule is CC1=CCC[C@H]1NC(=O)Nc1ccc(Cl)c(S(=O)(=O)N2CCCCC2)c1O. The van der Waals surface area contributed by atoms with E-state index >= 15 is 0 Å². The van der Waals surface area contributed by atoms with Crippen LogP contribution in [0, 0.1) is 0 Å². The predicted octanol–water partition coefficient (Wildman–Crippen LogP) is 3.45. The lowest BCUT2D eigenvalue weighted by molar-refractivity contribution is 0.249. The number of urea groups is 1. The van der Waals surface area contributed by atoms with E-state index in [1.165, 1.54) is 16.4 Å². The summed E-state index contributed by atoms with van der Waals surface area (Å²) in [7, 11) is -3.94. The fraction of sp³-hybridized carbons (Fsp3) is 0.500. The molecule has 1 fully saturated rings. The monoisotopic (exact) mass is 413 g/mol. The molecule has 27 heavy (non-hydrogen) atoms. The zero-order chi connectivity index (χ0) is 19.6. The molecule has 0 unspecified atom stereocenters. The lowest BCUT2D eigenvalue weighted by atomic mass is 10.2. The van der Waals surface area contributed by atoms with Gasteiger partial charge in [0.1, 0.15) is 4.90 Å². The quantitative estimate of drug-likeness (QED) is 0.520. The van der Waals surface area contributed by atoms with Gasteiger partial charge in [-0.2, -0.15) is 4.31 Å². The summed E-state index contributed by atoms with van der Waals surface area (Å²) in [5, 5.41) is 15.8. The summed E-state index contributed by atoms with van der Waals surface area (Å²) >= 11 is 6.10. The number of nitrogens with one attached hydrogen (secondary N) is 2. The van der Waals surface area contributed by atoms with Crippen molar-refractivity contribution in [3.8, 4) is 5.75 Å². The van der Waals surface area contributed by atoms with Crippen molar-refractivity contribution in [2.24, 2.45) is 0 Å². The molecule has 1 heterocycles. The summed E-state index contributed by atoms with van der Waals surface area (Å²) in [6.07, 6.45) is 6.30. The number of hydrogen-bond donors (Lipinski definition) is 3. The molecular formula is C18H24ClN3O4S. The third-order valence-corrected chi connectivity index (χ3v) is 7.42. The van der Waals surface area contributed by atoms with Gasteiger partial charge < -0.3 is 15.7 Å². The normalized spacial score (nSPS) is 21.0. The molecule has 0 aromatic heterocycles. The maximum absolute atomic E-state index is 12.9. The number of benzene rings is 1. The van der Waals surface area contributed by atoms with Crippen molar-refractivity contribution in [2.75, 3.05) is 18.4 Å². The molecular weight excluding hydrogens is 390 g/mol. The Hall–Kier alpha value is -1.77. The molecule has 2 amide bonds. The molecule has 3 N–H and O–H groups in total. The van der Waals surface area contributed by atoms with Crippen LogP contribution in [0.15, 0.2) is 28.7 Å². The highest BCUT2D eigenvalue weighted by Gasteiger charge is 2.32. The molecule has 148 valence electrons. The average Bonchev–Trinajstić information content (AvgIpc) is 3.03. The largest absolute Gasteiger partial charge is 0.504 e. The summed E-state index contributed by atoms with van der Waals surface area (Å²) < 4.78 is 27.2. The fourth-order valence-electron chi connectivity index (χ4n) is 3.48. The van der Waals surface area contributed by atoms with Gasteiger partial charge in [0.15, 0.2) is 5.75 Å². The van der Waals surface area contributed by atoms with Crippen LogP contribution in [0.2, 0.25) is 5.02 Å². The molecule has 0 spiro atoms. The molecule has 0 radical (unpaired) electrons. The maximum atomic E-state index is 12.9. The van der Waals surface area contributed by atoms with Crippen LogP contribution in [0.1, 0.15) is 39.0 Å². The van der Waals surface area contributed by atoms with E-state index in [1.54, 1.807) is 0 Å². The smallest absolute Gasteiger partial charge is 0.319 e. The number of aromatic hydroxyl groups is 1. The highest BCUT2D eigenvalue weighted by atomic mass is 35.5. The number of amides is 2. The van der Waals surface area contributed by atoms with E-state index in [9.17, 15) is 18.3 Å². The molecule has 1 saturated heterocycles. The Kier molecular flexibility index (Phi) is 5.98. The minimum atomic E-state index is -3.94. The van der Waals surface area contributed by atoms with Gasteiger partial charge in [-0.15, -0.1) is 0 Å². The molecule has 1 atom stereocenters. The van der Waals surface area contributed by atoms with Crippen molar-refractivity contribution in [1.82, 2.24) is 9.62 Å². The Balaban J connectivity index is 1.83. The number of phenols is 1. The topological polar surface area (TPSA) is 98.7 Å². The molecule has 2 aliphatic rings. The third-order valence-electron chi connectivity index (χ3n) is 5.02. The Bertz CT molecular complexity index is 864. The number of allylic oxidation sites excluding steroid dienone is 1. The minimum Gasteiger partial charge on any atom is -0.504 e. The molecule has 9 heteroatoms. The zero-order valence-electron chi connectivity index (χ0n) is 15.2. The second kappa shape index (κ2) is 8.08. The average molecular weight is 414 g/mol. The molecule has 1 aromatic carbocycles. The molecule has 1 aliphatic heterocycles. The first-order valence-corrected chi connectivity index (χ1v) is 10.9. The van der Waals surface area contributed by atoms with Crippen molar-refractivity contribution in [2.45, 2.75) is 50.0 Å². The van der Waals surface area contributed by atoms with E-state index in [2.05, 4.69) is 16.7 Å². The lowest BCUT2D eigenvalue weighted by Gasteiger charge is -2.27. The first-order chi connectivity index (χ1) is 12.8. The van der Waals surface area contributed by atoms with Crippen LogP contribution in [0.3, 0.4) is 0 Å². The Labute approximate surface area is 164 Å². The predicted molar refractivity (Wildman–Crippen MR) is 105 cm³/mol. The van der Waals surface area contributed by atoms with Gasteiger partial charge in [0.2, 0.25) is 10.0 Å². The zero-order valence-corrected chi connectivity index (χ0v) is 16.7. The van der Waals surface area contributed by atoms with Crippen LogP contribution >= 0.6 is 11.6 Å². The van der Waals surface area contributed by atoms with E-state index in [-0.39, 0.29) is 21.6 Å². The Morgan fingerprint density at radius 3 is 2.59 bits per heavy atom. The van der Waals surface area contributed by atoms with Crippen molar-refractivity contribution in [3.63, 3.8) is 0 Å². The summed E-state index contributed by atoms with van der Waals surface area (Å²) in [4.78, 5) is 11.9. The van der Waals surface area contributed by atoms with Gasteiger partial charge in [0.05, 0.1) is 16.8 Å². The molecule has 1 aliphatic carbocycles. The standard InChI is InChI=1S/C18H24ClN3O4S/c1-12-6-5-7-14(12)20-18(24)21-15-9-8-13(19)17(16(15)23)27(25,26)22-10-3-2-4-11-22/h6,8-9,14,23H,2-5,7,10-11H2,1H3,(H2,20,21,24)/t14-/m1/s1. The molecule has 1 aromatic rings. The highest BCUT2D eigenvalue weighted by Crippen LogP contribution is 2.39. The van der Waals surface area contributed by atoms with E-state index in [0.717, 1.165) is 37.7 Å². The summed E-state index contributed by atoms with van der Waals surface area (Å²) in [5.74, 6) is -0.540. The van der Waals surface area contributed by atoms with Crippen LogP contribution < -0.4 is 10.6 Å². The van der Waals surface area contributed by atoms with E-state index in [1.807, 2.05) is 6.92 Å². The molecule has 3 rings (SSSR count). The number of piperidine rings is 1. The van der Waals surface area contributed by atoms with Crippen LogP contribution in [0.25, 0.3) is 0 Å². The van der Waals surface area contributed by atoms with Crippen LogP contribution in [-0.2, 0) is 10.0 Å². The summed E-state index contributed by atoms with van der Waals surface area (Å²) in [5.41, 5.74) is 1.09. The van der Waals surface area contributed by atoms with Crippen LogP contribution in [0.5, 0.6) is 5.75 Å². The van der Waals surface area contributed by atoms with Gasteiger partial charge >= 0.3 is 6.03 Å². The third kappa shape index (κ3) is 4.23. The van der Waals surface area contributed by atoms with Crippen molar-refractivity contribution >= 4 is 33.3 Å². The Morgan fingerprint density at radius 1 is 1.26 bits per heavy atom. The number of carbonyl (C=O) groups is 1. The van der Waals surface area contributed by atoms with Gasteiger partial charge in [0, 0.05) is 13.1 Å². The number of sulfonamides is 1. The van der Waals surface area contributed by atoms with Crippen molar-refractivity contribution in [3.05, 3.63) is 28.8 Å². The number of hydrogen-bond acceptors (Lipinski definition) is 4. The maximum Gasteiger partial charge on any atom is 0.319 e. The van der Waals surface area contributed by atoms with Crippen molar-refractivity contribution in [1.29, 1.82) is 0 Å². The molecule has 0 saturated carbocycles. The van der Waals surface area contributed by atoms with E-state index in [4.69, 9.17) is 11.6 Å². The Morgan fingerprint density at radius 2 is 1.96 bits per heavy atom. The fourth-order valence-corrected chi connectivity index (χ4v) is 5.59. The second-order valence-corrected chi connectivity index (χ2v) is 9.20. The number of phenolic OH excluding ortho intramolecular Hbond substituents is 1. The van der Waals surface area contributed by atoms with Gasteiger partial charge in [-0.25, -0.2) is 13.2 Å². The summed E-state index contributed by atoms with van der Waals surface area (Å²) in [6, 6.07) is 2.20. The number of carbonyl (C=O) groups excluding carboxylic acids is 1. The van der Waals surface area contributed by atoms with Crippen LogP contribution in [-0.4, -0.2) is 43.0 Å². The number of anilines is 1. The molecule has 7 nitrogen and oxygen atoms in total. The van der Waals surface area contributed by atoms with Gasteiger partial charge in [-0.1, -0.05) is 29.7 Å². The second-order valence-electron chi connectivity index (χ2n) is 6.91. The van der Waals surface area contributed by atoms with Gasteiger partial charge in [0.25, 0.3) is 0 Å². The summed E-state index contributed by atoms with van der Waals surface area (Å²) in [6.45, 7) is 2.73. The van der Waals surface area contributed by atoms with E-state index in [0.29, 0.717) is 13.1 Å². The number of rotatable bonds is 4. The lowest BCUT2D eigenvalue weighted by Crippen LogP contribution is -2.37. The van der Waals surface area contributed by atoms with Crippen LogP contribution in [0.4, 0.5) is 10.5 Å². The van der Waals surface area contributed by atoms with Crippen molar-refractivity contribution < 1.29 is 18.3 Å². The molecule has 0 bridgehead atoms.